The Balaban J connectivity index is 1.51. The molecule has 0 bridgehead atoms. The molecule has 1 N–H and O–H groups in total. The van der Waals surface area contributed by atoms with Gasteiger partial charge in [0.25, 0.3) is 0 Å². The van der Waals surface area contributed by atoms with Gasteiger partial charge in [0.15, 0.2) is 0 Å². The number of nitrogens with zero attached hydrogens (tertiary/aromatic N) is 1. The number of benzene rings is 1. The molecule has 2 amide bonds. The zero-order valence-corrected chi connectivity index (χ0v) is 12.3. The first kappa shape index (κ1) is 14.1. The number of nitrogens with one attached hydrogen (secondary N) is 1. The summed E-state index contributed by atoms with van der Waals surface area (Å²) in [7, 11) is 0. The summed E-state index contributed by atoms with van der Waals surface area (Å²) < 4.78 is 0. The summed E-state index contributed by atoms with van der Waals surface area (Å²) in [6.07, 6.45) is 6.08. The van der Waals surface area contributed by atoms with Gasteiger partial charge in [-0.15, -0.1) is 0 Å². The summed E-state index contributed by atoms with van der Waals surface area (Å²) in [5, 5.41) is 3.00. The second-order valence-corrected chi connectivity index (χ2v) is 5.98. The summed E-state index contributed by atoms with van der Waals surface area (Å²) in [6.45, 7) is 1.10. The number of fused-ring (bicyclic) bond motifs is 1. The molecule has 1 saturated carbocycles. The molecule has 0 aromatic heterocycles. The van der Waals surface area contributed by atoms with Crippen LogP contribution in [0.3, 0.4) is 0 Å². The Morgan fingerprint density at radius 2 is 1.95 bits per heavy atom. The molecule has 4 heteroatoms. The predicted octanol–water partition coefficient (Wildman–Crippen LogP) is 2.27. The maximum Gasteiger partial charge on any atom is 0.231 e. The lowest BCUT2D eigenvalue weighted by atomic mass is 9.89. The topological polar surface area (TPSA) is 49.4 Å². The van der Waals surface area contributed by atoms with Crippen LogP contribution in [-0.4, -0.2) is 24.9 Å². The summed E-state index contributed by atoms with van der Waals surface area (Å²) in [4.78, 5) is 25.9. The van der Waals surface area contributed by atoms with E-state index in [0.29, 0.717) is 19.5 Å². The predicted molar refractivity (Wildman–Crippen MR) is 82.1 cm³/mol. The van der Waals surface area contributed by atoms with E-state index in [4.69, 9.17) is 0 Å². The smallest absolute Gasteiger partial charge is 0.231 e. The molecule has 3 rings (SSSR count). The molecule has 2 aliphatic rings. The molecule has 21 heavy (non-hydrogen) atoms. The standard InChI is InChI=1S/C17H22N2O2/c20-16-12-14-8-4-5-9-15(14)19(16)11-10-18-17(21)13-6-2-1-3-7-13/h4-5,8-9,13H,1-3,6-7,10-12H2,(H,18,21). The van der Waals surface area contributed by atoms with Crippen molar-refractivity contribution in [1.29, 1.82) is 0 Å². The van der Waals surface area contributed by atoms with Gasteiger partial charge in [0.2, 0.25) is 11.8 Å². The summed E-state index contributed by atoms with van der Waals surface area (Å²) in [5.74, 6) is 0.470. The number of amides is 2. The molecule has 1 aliphatic heterocycles. The average molecular weight is 286 g/mol. The van der Waals surface area contributed by atoms with Crippen molar-refractivity contribution in [2.45, 2.75) is 38.5 Å². The van der Waals surface area contributed by atoms with Crippen molar-refractivity contribution < 1.29 is 9.59 Å². The molecule has 112 valence electrons. The van der Waals surface area contributed by atoms with Gasteiger partial charge in [-0.25, -0.2) is 0 Å². The maximum atomic E-state index is 12.1. The van der Waals surface area contributed by atoms with Crippen molar-refractivity contribution in [1.82, 2.24) is 5.32 Å². The van der Waals surface area contributed by atoms with Gasteiger partial charge in [0.05, 0.1) is 6.42 Å². The van der Waals surface area contributed by atoms with Crippen molar-refractivity contribution in [3.05, 3.63) is 29.8 Å². The molecule has 1 heterocycles. The fraction of sp³-hybridized carbons (Fsp3) is 0.529. The van der Waals surface area contributed by atoms with Crippen LogP contribution >= 0.6 is 0 Å². The van der Waals surface area contributed by atoms with E-state index in [0.717, 1.165) is 36.9 Å². The van der Waals surface area contributed by atoms with E-state index >= 15 is 0 Å². The van der Waals surface area contributed by atoms with Crippen molar-refractivity contribution in [2.24, 2.45) is 5.92 Å². The van der Waals surface area contributed by atoms with E-state index in [1.54, 1.807) is 4.90 Å². The summed E-state index contributed by atoms with van der Waals surface area (Å²) in [6, 6.07) is 7.88. The second-order valence-electron chi connectivity index (χ2n) is 5.98. The third kappa shape index (κ3) is 3.09. The minimum Gasteiger partial charge on any atom is -0.354 e. The lowest BCUT2D eigenvalue weighted by molar-refractivity contribution is -0.126. The van der Waals surface area contributed by atoms with Crippen LogP contribution in [0.4, 0.5) is 5.69 Å². The Bertz CT molecular complexity index is 535. The first-order valence-electron chi connectivity index (χ1n) is 7.91. The van der Waals surface area contributed by atoms with E-state index < -0.39 is 0 Å². The van der Waals surface area contributed by atoms with Gasteiger partial charge in [-0.1, -0.05) is 37.5 Å². The molecular formula is C17H22N2O2. The van der Waals surface area contributed by atoms with E-state index in [2.05, 4.69) is 5.32 Å². The Labute approximate surface area is 125 Å². The van der Waals surface area contributed by atoms with Gasteiger partial charge in [-0.3, -0.25) is 9.59 Å². The van der Waals surface area contributed by atoms with Crippen molar-refractivity contribution in [2.75, 3.05) is 18.0 Å². The Morgan fingerprint density at radius 1 is 1.19 bits per heavy atom. The Kier molecular flexibility index (Phi) is 4.23. The Morgan fingerprint density at radius 3 is 2.76 bits per heavy atom. The number of rotatable bonds is 4. The fourth-order valence-electron chi connectivity index (χ4n) is 3.36. The van der Waals surface area contributed by atoms with Crippen LogP contribution in [0, 0.1) is 5.92 Å². The number of anilines is 1. The van der Waals surface area contributed by atoms with Crippen LogP contribution in [0.25, 0.3) is 0 Å². The van der Waals surface area contributed by atoms with E-state index in [-0.39, 0.29) is 17.7 Å². The fourth-order valence-corrected chi connectivity index (χ4v) is 3.36. The third-order valence-corrected chi connectivity index (χ3v) is 4.54. The van der Waals surface area contributed by atoms with Crippen LogP contribution in [-0.2, 0) is 16.0 Å². The van der Waals surface area contributed by atoms with Gasteiger partial charge in [0, 0.05) is 24.7 Å². The quantitative estimate of drug-likeness (QED) is 0.923. The van der Waals surface area contributed by atoms with Gasteiger partial charge in [-0.05, 0) is 24.5 Å². The highest BCUT2D eigenvalue weighted by Gasteiger charge is 2.26. The largest absolute Gasteiger partial charge is 0.354 e. The van der Waals surface area contributed by atoms with E-state index in [1.807, 2.05) is 24.3 Å². The number of para-hydroxylation sites is 1. The molecular weight excluding hydrogens is 264 g/mol. The first-order valence-corrected chi connectivity index (χ1v) is 7.91. The minimum absolute atomic E-state index is 0.128. The molecule has 1 aliphatic carbocycles. The number of carbonyl (C=O) groups is 2. The zero-order valence-electron chi connectivity index (χ0n) is 12.3. The van der Waals surface area contributed by atoms with Gasteiger partial charge >= 0.3 is 0 Å². The van der Waals surface area contributed by atoms with E-state index in [1.165, 1.54) is 6.42 Å². The highest BCUT2D eigenvalue weighted by molar-refractivity contribution is 6.01. The molecule has 0 radical (unpaired) electrons. The van der Waals surface area contributed by atoms with E-state index in [9.17, 15) is 9.59 Å². The summed E-state index contributed by atoms with van der Waals surface area (Å²) in [5.41, 5.74) is 2.08. The number of hydrogen-bond acceptors (Lipinski definition) is 2. The van der Waals surface area contributed by atoms with Crippen molar-refractivity contribution in [3.8, 4) is 0 Å². The molecule has 0 atom stereocenters. The molecule has 0 saturated heterocycles. The molecule has 0 spiro atoms. The molecule has 1 fully saturated rings. The van der Waals surface area contributed by atoms with Crippen LogP contribution < -0.4 is 10.2 Å². The number of hydrogen-bond donors (Lipinski definition) is 1. The molecule has 1 aromatic carbocycles. The minimum atomic E-state index is 0.128. The highest BCUT2D eigenvalue weighted by Crippen LogP contribution is 2.28. The molecule has 4 nitrogen and oxygen atoms in total. The normalized spacial score (nSPS) is 18.7. The highest BCUT2D eigenvalue weighted by atomic mass is 16.2. The molecule has 1 aromatic rings. The maximum absolute atomic E-state index is 12.1. The van der Waals surface area contributed by atoms with Crippen LogP contribution in [0.2, 0.25) is 0 Å². The van der Waals surface area contributed by atoms with Gasteiger partial charge < -0.3 is 10.2 Å². The lowest BCUT2D eigenvalue weighted by Gasteiger charge is -2.22. The third-order valence-electron chi connectivity index (χ3n) is 4.54. The Hall–Kier alpha value is -1.84. The van der Waals surface area contributed by atoms with Crippen LogP contribution in [0.15, 0.2) is 24.3 Å². The zero-order chi connectivity index (χ0) is 14.7. The second kappa shape index (κ2) is 6.29. The van der Waals surface area contributed by atoms with Crippen molar-refractivity contribution in [3.63, 3.8) is 0 Å². The number of carbonyl (C=O) groups excluding carboxylic acids is 2. The van der Waals surface area contributed by atoms with Gasteiger partial charge in [0.1, 0.15) is 0 Å². The van der Waals surface area contributed by atoms with Crippen LogP contribution in [0.1, 0.15) is 37.7 Å². The van der Waals surface area contributed by atoms with Crippen LogP contribution in [0.5, 0.6) is 0 Å². The lowest BCUT2D eigenvalue weighted by Crippen LogP contribution is -2.39. The SMILES string of the molecule is O=C(NCCN1C(=O)Cc2ccccc21)C1CCCCC1. The van der Waals surface area contributed by atoms with Crippen molar-refractivity contribution >= 4 is 17.5 Å². The average Bonchev–Trinajstić information content (AvgIpc) is 2.84. The monoisotopic (exact) mass is 286 g/mol. The van der Waals surface area contributed by atoms with Gasteiger partial charge in [-0.2, -0.15) is 0 Å². The molecule has 0 unspecified atom stereocenters. The summed E-state index contributed by atoms with van der Waals surface area (Å²) >= 11 is 0. The first-order chi connectivity index (χ1) is 10.3.